The predicted molar refractivity (Wildman–Crippen MR) is 89.7 cm³/mol. The zero-order valence-electron chi connectivity index (χ0n) is 13.5. The van der Waals surface area contributed by atoms with Gasteiger partial charge in [0.25, 0.3) is 5.91 Å². The smallest absolute Gasteiger partial charge is 0.251 e. The standard InChI is InChI=1S/C17H21N3O4/c1-23-9-7-18-16(21)12-19-14-5-2-4-13(10-14)17(22)20-11-15-6-3-8-24-15/h2-6,8,10,19H,7,9,11-12H2,1H3,(H,18,21)(H,20,22). The van der Waals surface area contributed by atoms with Gasteiger partial charge in [-0.2, -0.15) is 0 Å². The van der Waals surface area contributed by atoms with Crippen molar-refractivity contribution in [3.63, 3.8) is 0 Å². The number of furan rings is 1. The summed E-state index contributed by atoms with van der Waals surface area (Å²) in [6, 6.07) is 10.5. The van der Waals surface area contributed by atoms with E-state index < -0.39 is 0 Å². The summed E-state index contributed by atoms with van der Waals surface area (Å²) in [7, 11) is 1.58. The summed E-state index contributed by atoms with van der Waals surface area (Å²) in [5.74, 6) is 0.338. The summed E-state index contributed by atoms with van der Waals surface area (Å²) < 4.78 is 10.0. The molecule has 1 aromatic carbocycles. The van der Waals surface area contributed by atoms with Crippen molar-refractivity contribution in [1.82, 2.24) is 10.6 Å². The van der Waals surface area contributed by atoms with Crippen LogP contribution in [-0.2, 0) is 16.1 Å². The van der Waals surface area contributed by atoms with Gasteiger partial charge in [0.1, 0.15) is 5.76 Å². The van der Waals surface area contributed by atoms with E-state index >= 15 is 0 Å². The number of benzene rings is 1. The molecule has 128 valence electrons. The molecule has 0 saturated heterocycles. The Balaban J connectivity index is 1.81. The summed E-state index contributed by atoms with van der Waals surface area (Å²) in [5, 5.41) is 8.47. The van der Waals surface area contributed by atoms with Crippen LogP contribution in [0.15, 0.2) is 47.1 Å². The van der Waals surface area contributed by atoms with E-state index in [1.165, 1.54) is 0 Å². The lowest BCUT2D eigenvalue weighted by molar-refractivity contribution is -0.119. The van der Waals surface area contributed by atoms with Gasteiger partial charge in [-0.1, -0.05) is 6.07 Å². The molecule has 2 amide bonds. The fourth-order valence-corrected chi connectivity index (χ4v) is 1.99. The van der Waals surface area contributed by atoms with E-state index in [0.29, 0.717) is 36.7 Å². The number of ether oxygens (including phenoxy) is 1. The first kappa shape index (κ1) is 17.6. The molecule has 1 heterocycles. The number of carbonyl (C=O) groups is 2. The minimum Gasteiger partial charge on any atom is -0.467 e. The summed E-state index contributed by atoms with van der Waals surface area (Å²) in [6.45, 7) is 1.38. The molecule has 0 fully saturated rings. The van der Waals surface area contributed by atoms with E-state index in [2.05, 4.69) is 16.0 Å². The molecule has 7 nitrogen and oxygen atoms in total. The van der Waals surface area contributed by atoms with Crippen LogP contribution >= 0.6 is 0 Å². The normalized spacial score (nSPS) is 10.2. The maximum absolute atomic E-state index is 12.1. The van der Waals surface area contributed by atoms with E-state index in [4.69, 9.17) is 9.15 Å². The lowest BCUT2D eigenvalue weighted by Gasteiger charge is -2.09. The molecule has 0 unspecified atom stereocenters. The highest BCUT2D eigenvalue weighted by molar-refractivity contribution is 5.95. The van der Waals surface area contributed by atoms with Crippen molar-refractivity contribution in [1.29, 1.82) is 0 Å². The molecule has 0 bridgehead atoms. The van der Waals surface area contributed by atoms with Crippen LogP contribution in [0, 0.1) is 0 Å². The number of methoxy groups -OCH3 is 1. The highest BCUT2D eigenvalue weighted by Gasteiger charge is 2.07. The first-order valence-electron chi connectivity index (χ1n) is 7.59. The van der Waals surface area contributed by atoms with E-state index in [-0.39, 0.29) is 18.4 Å². The topological polar surface area (TPSA) is 92.6 Å². The Hall–Kier alpha value is -2.80. The Kier molecular flexibility index (Phi) is 6.85. The van der Waals surface area contributed by atoms with Crippen molar-refractivity contribution in [2.45, 2.75) is 6.54 Å². The van der Waals surface area contributed by atoms with Gasteiger partial charge in [0.05, 0.1) is 26.0 Å². The maximum Gasteiger partial charge on any atom is 0.251 e. The Bertz CT molecular complexity index is 656. The second-order valence-corrected chi connectivity index (χ2v) is 5.04. The monoisotopic (exact) mass is 331 g/mol. The number of hydrogen-bond acceptors (Lipinski definition) is 5. The summed E-state index contributed by atoms with van der Waals surface area (Å²) in [6.07, 6.45) is 1.56. The molecule has 0 spiro atoms. The van der Waals surface area contributed by atoms with Crippen molar-refractivity contribution in [2.24, 2.45) is 0 Å². The summed E-state index contributed by atoms with van der Waals surface area (Å²) in [5.41, 5.74) is 1.20. The van der Waals surface area contributed by atoms with Gasteiger partial charge in [0.15, 0.2) is 0 Å². The van der Waals surface area contributed by atoms with Crippen LogP contribution in [0.5, 0.6) is 0 Å². The molecule has 1 aromatic heterocycles. The average molecular weight is 331 g/mol. The van der Waals surface area contributed by atoms with Crippen LogP contribution in [0.2, 0.25) is 0 Å². The Morgan fingerprint density at radius 3 is 2.79 bits per heavy atom. The molecule has 2 rings (SSSR count). The van der Waals surface area contributed by atoms with Crippen LogP contribution in [0.25, 0.3) is 0 Å². The highest BCUT2D eigenvalue weighted by Crippen LogP contribution is 2.10. The molecule has 7 heteroatoms. The van der Waals surface area contributed by atoms with Crippen LogP contribution in [-0.4, -0.2) is 38.6 Å². The van der Waals surface area contributed by atoms with Crippen molar-refractivity contribution in [2.75, 3.05) is 32.1 Å². The fourth-order valence-electron chi connectivity index (χ4n) is 1.99. The SMILES string of the molecule is COCCNC(=O)CNc1cccc(C(=O)NCc2ccco2)c1. The molecule has 3 N–H and O–H groups in total. The summed E-state index contributed by atoms with van der Waals surface area (Å²) >= 11 is 0. The zero-order valence-corrected chi connectivity index (χ0v) is 13.5. The molecule has 0 radical (unpaired) electrons. The number of hydrogen-bond donors (Lipinski definition) is 3. The Morgan fingerprint density at radius 2 is 2.04 bits per heavy atom. The molecule has 0 aliphatic heterocycles. The lowest BCUT2D eigenvalue weighted by atomic mass is 10.2. The van der Waals surface area contributed by atoms with E-state index in [9.17, 15) is 9.59 Å². The van der Waals surface area contributed by atoms with Crippen molar-refractivity contribution in [3.8, 4) is 0 Å². The fraction of sp³-hybridized carbons (Fsp3) is 0.294. The molecular formula is C17H21N3O4. The molecule has 2 aromatic rings. The van der Waals surface area contributed by atoms with E-state index in [1.54, 1.807) is 49.8 Å². The van der Waals surface area contributed by atoms with Crippen LogP contribution in [0.4, 0.5) is 5.69 Å². The average Bonchev–Trinajstić information content (AvgIpc) is 3.12. The van der Waals surface area contributed by atoms with Crippen molar-refractivity contribution < 1.29 is 18.7 Å². The van der Waals surface area contributed by atoms with Gasteiger partial charge in [0, 0.05) is 24.9 Å². The third-order valence-electron chi connectivity index (χ3n) is 3.21. The maximum atomic E-state index is 12.1. The minimum atomic E-state index is -0.209. The minimum absolute atomic E-state index is 0.126. The first-order chi connectivity index (χ1) is 11.7. The Labute approximate surface area is 140 Å². The van der Waals surface area contributed by atoms with Gasteiger partial charge in [-0.25, -0.2) is 0 Å². The summed E-state index contributed by atoms with van der Waals surface area (Å²) in [4.78, 5) is 23.8. The molecule has 0 aliphatic rings. The molecule has 0 saturated carbocycles. The van der Waals surface area contributed by atoms with Crippen LogP contribution in [0.1, 0.15) is 16.1 Å². The second kappa shape index (κ2) is 9.36. The molecular weight excluding hydrogens is 310 g/mol. The quantitative estimate of drug-likeness (QED) is 0.604. The van der Waals surface area contributed by atoms with Gasteiger partial charge >= 0.3 is 0 Å². The van der Waals surface area contributed by atoms with Gasteiger partial charge in [-0.3, -0.25) is 9.59 Å². The van der Waals surface area contributed by atoms with Crippen molar-refractivity contribution in [3.05, 3.63) is 54.0 Å². The third-order valence-corrected chi connectivity index (χ3v) is 3.21. The molecule has 0 atom stereocenters. The first-order valence-corrected chi connectivity index (χ1v) is 7.59. The Morgan fingerprint density at radius 1 is 1.17 bits per heavy atom. The lowest BCUT2D eigenvalue weighted by Crippen LogP contribution is -2.32. The number of nitrogens with one attached hydrogen (secondary N) is 3. The van der Waals surface area contributed by atoms with Gasteiger partial charge < -0.3 is 25.1 Å². The van der Waals surface area contributed by atoms with E-state index in [1.807, 2.05) is 0 Å². The zero-order chi connectivity index (χ0) is 17.2. The number of amides is 2. The van der Waals surface area contributed by atoms with Gasteiger partial charge in [-0.15, -0.1) is 0 Å². The van der Waals surface area contributed by atoms with Gasteiger partial charge in [-0.05, 0) is 30.3 Å². The predicted octanol–water partition coefficient (Wildman–Crippen LogP) is 1.38. The van der Waals surface area contributed by atoms with Crippen LogP contribution in [0.3, 0.4) is 0 Å². The van der Waals surface area contributed by atoms with Gasteiger partial charge in [0.2, 0.25) is 5.91 Å². The van der Waals surface area contributed by atoms with Crippen LogP contribution < -0.4 is 16.0 Å². The number of anilines is 1. The third kappa shape index (κ3) is 5.77. The number of rotatable bonds is 9. The van der Waals surface area contributed by atoms with Crippen molar-refractivity contribution >= 4 is 17.5 Å². The highest BCUT2D eigenvalue weighted by atomic mass is 16.5. The number of carbonyl (C=O) groups excluding carboxylic acids is 2. The largest absolute Gasteiger partial charge is 0.467 e. The molecule has 24 heavy (non-hydrogen) atoms. The molecule has 0 aliphatic carbocycles. The van der Waals surface area contributed by atoms with E-state index in [0.717, 1.165) is 0 Å². The second-order valence-electron chi connectivity index (χ2n) is 5.04.